The second kappa shape index (κ2) is 8.82. The molecular weight excluding hydrogens is 368 g/mol. The van der Waals surface area contributed by atoms with E-state index in [9.17, 15) is 4.79 Å². The van der Waals surface area contributed by atoms with Crippen molar-refractivity contribution in [2.75, 3.05) is 24.5 Å². The van der Waals surface area contributed by atoms with Crippen molar-refractivity contribution in [2.45, 2.75) is 33.1 Å². The maximum atomic E-state index is 12.4. The number of nitrogens with one attached hydrogen (secondary N) is 1. The molecule has 1 aliphatic rings. The molecule has 5 nitrogen and oxygen atoms in total. The van der Waals surface area contributed by atoms with Crippen LogP contribution < -0.4 is 10.2 Å². The number of carbonyl (C=O) groups excluding carboxylic acids is 1. The molecule has 1 N–H and O–H groups in total. The van der Waals surface area contributed by atoms with Gasteiger partial charge in [-0.15, -0.1) is 0 Å². The maximum Gasteiger partial charge on any atom is 0.224 e. The smallest absolute Gasteiger partial charge is 0.224 e. The van der Waals surface area contributed by atoms with Gasteiger partial charge in [0.2, 0.25) is 11.0 Å². The average Bonchev–Trinajstić information content (AvgIpc) is 3.10. The normalized spacial score (nSPS) is 17.5. The van der Waals surface area contributed by atoms with Crippen molar-refractivity contribution in [1.29, 1.82) is 0 Å². The van der Waals surface area contributed by atoms with Gasteiger partial charge in [-0.2, -0.15) is 4.37 Å². The predicted octanol–water partition coefficient (Wildman–Crippen LogP) is 3.77. The Bertz CT molecular complexity index is 731. The molecule has 3 rings (SSSR count). The summed E-state index contributed by atoms with van der Waals surface area (Å²) in [5, 5.41) is 4.70. The summed E-state index contributed by atoms with van der Waals surface area (Å²) in [5.41, 5.74) is 1.14. The third-order valence-electron chi connectivity index (χ3n) is 4.48. The fourth-order valence-electron chi connectivity index (χ4n) is 3.04. The van der Waals surface area contributed by atoms with Gasteiger partial charge < -0.3 is 10.2 Å². The van der Waals surface area contributed by atoms with E-state index in [1.807, 2.05) is 24.3 Å². The van der Waals surface area contributed by atoms with Crippen LogP contribution in [0.3, 0.4) is 0 Å². The highest BCUT2D eigenvalue weighted by atomic mass is 35.5. The molecule has 26 heavy (non-hydrogen) atoms. The van der Waals surface area contributed by atoms with E-state index in [0.717, 1.165) is 54.0 Å². The van der Waals surface area contributed by atoms with E-state index in [1.165, 1.54) is 11.5 Å². The van der Waals surface area contributed by atoms with E-state index in [2.05, 4.69) is 33.4 Å². The van der Waals surface area contributed by atoms with Crippen LogP contribution in [0.15, 0.2) is 24.3 Å². The maximum absolute atomic E-state index is 12.4. The van der Waals surface area contributed by atoms with Crippen molar-refractivity contribution < 1.29 is 4.79 Å². The Balaban J connectivity index is 1.59. The lowest BCUT2D eigenvalue weighted by Crippen LogP contribution is -2.43. The number of halogens is 1. The number of anilines is 1. The van der Waals surface area contributed by atoms with Crippen molar-refractivity contribution in [1.82, 2.24) is 14.7 Å². The van der Waals surface area contributed by atoms with E-state index in [-0.39, 0.29) is 11.8 Å². The predicted molar refractivity (Wildman–Crippen MR) is 107 cm³/mol. The molecular formula is C19H25ClN4OS. The van der Waals surface area contributed by atoms with Gasteiger partial charge in [-0.3, -0.25) is 4.79 Å². The lowest BCUT2D eigenvalue weighted by molar-refractivity contribution is -0.125. The van der Waals surface area contributed by atoms with Gasteiger partial charge in [0.25, 0.3) is 0 Å². The number of piperidine rings is 1. The van der Waals surface area contributed by atoms with Gasteiger partial charge in [0.1, 0.15) is 5.82 Å². The Hall–Kier alpha value is -1.66. The summed E-state index contributed by atoms with van der Waals surface area (Å²) in [6.45, 7) is 6.61. The topological polar surface area (TPSA) is 58.1 Å². The van der Waals surface area contributed by atoms with Crippen LogP contribution in [0, 0.1) is 11.8 Å². The number of nitrogens with zero attached hydrogens (tertiary/aromatic N) is 3. The van der Waals surface area contributed by atoms with E-state index in [4.69, 9.17) is 11.6 Å². The minimum absolute atomic E-state index is 0.0334. The quantitative estimate of drug-likeness (QED) is 0.812. The highest BCUT2D eigenvalue weighted by molar-refractivity contribution is 7.09. The number of rotatable bonds is 6. The highest BCUT2D eigenvalue weighted by Gasteiger charge is 2.27. The van der Waals surface area contributed by atoms with E-state index in [1.54, 1.807) is 0 Å². The lowest BCUT2D eigenvalue weighted by atomic mass is 9.97. The third-order valence-corrected chi connectivity index (χ3v) is 5.55. The van der Waals surface area contributed by atoms with Crippen LogP contribution in [0.5, 0.6) is 0 Å². The lowest BCUT2D eigenvalue weighted by Gasteiger charge is -2.31. The molecule has 1 fully saturated rings. The molecule has 0 spiro atoms. The molecule has 0 radical (unpaired) electrons. The summed E-state index contributed by atoms with van der Waals surface area (Å²) in [6.07, 6.45) is 2.64. The second-order valence-corrected chi connectivity index (χ2v) is 8.39. The Morgan fingerprint density at radius 3 is 2.88 bits per heavy atom. The molecule has 1 aromatic carbocycles. The van der Waals surface area contributed by atoms with Gasteiger partial charge in [-0.1, -0.05) is 37.6 Å². The number of aromatic nitrogens is 2. The van der Waals surface area contributed by atoms with E-state index in [0.29, 0.717) is 12.3 Å². The van der Waals surface area contributed by atoms with Crippen LogP contribution in [0.2, 0.25) is 5.02 Å². The fourth-order valence-corrected chi connectivity index (χ4v) is 3.89. The first-order valence-corrected chi connectivity index (χ1v) is 10.3. The number of carbonyl (C=O) groups is 1. The standard InChI is InChI=1S/C19H25ClN4OS/c1-13(2)11-21-18(25)15-4-3-9-24(12-15)19-22-17(23-26-19)10-14-5-7-16(20)8-6-14/h5-8,13,15H,3-4,9-12H2,1-2H3,(H,21,25)/t15-/m1/s1. The molecule has 2 heterocycles. The molecule has 1 atom stereocenters. The summed E-state index contributed by atoms with van der Waals surface area (Å²) in [4.78, 5) is 19.3. The van der Waals surface area contributed by atoms with Crippen LogP contribution in [-0.4, -0.2) is 34.9 Å². The second-order valence-electron chi connectivity index (χ2n) is 7.22. The average molecular weight is 393 g/mol. The Morgan fingerprint density at radius 2 is 2.15 bits per heavy atom. The number of hydrogen-bond acceptors (Lipinski definition) is 5. The van der Waals surface area contributed by atoms with E-state index >= 15 is 0 Å². The highest BCUT2D eigenvalue weighted by Crippen LogP contribution is 2.25. The van der Waals surface area contributed by atoms with Crippen LogP contribution >= 0.6 is 23.1 Å². The Morgan fingerprint density at radius 1 is 1.38 bits per heavy atom. The minimum atomic E-state index is 0.0334. The van der Waals surface area contributed by atoms with Crippen LogP contribution in [0.25, 0.3) is 0 Å². The molecule has 1 saturated heterocycles. The van der Waals surface area contributed by atoms with Gasteiger partial charge >= 0.3 is 0 Å². The molecule has 1 aliphatic heterocycles. The monoisotopic (exact) mass is 392 g/mol. The fraction of sp³-hybridized carbons (Fsp3) is 0.526. The summed E-state index contributed by atoms with van der Waals surface area (Å²) in [6, 6.07) is 7.77. The molecule has 0 aliphatic carbocycles. The van der Waals surface area contributed by atoms with Gasteiger partial charge in [0.15, 0.2) is 0 Å². The summed E-state index contributed by atoms with van der Waals surface area (Å²) in [7, 11) is 0. The first-order valence-electron chi connectivity index (χ1n) is 9.11. The van der Waals surface area contributed by atoms with Gasteiger partial charge in [0, 0.05) is 42.6 Å². The van der Waals surface area contributed by atoms with Crippen molar-refractivity contribution in [3.8, 4) is 0 Å². The SMILES string of the molecule is CC(C)CNC(=O)[C@@H]1CCCN(c2nc(Cc3ccc(Cl)cc3)ns2)C1. The number of amides is 1. The molecule has 140 valence electrons. The van der Waals surface area contributed by atoms with Crippen LogP contribution in [-0.2, 0) is 11.2 Å². The minimum Gasteiger partial charge on any atom is -0.356 e. The Kier molecular flexibility index (Phi) is 6.48. The molecule has 1 aromatic heterocycles. The largest absolute Gasteiger partial charge is 0.356 e. The molecule has 0 bridgehead atoms. The number of hydrogen-bond donors (Lipinski definition) is 1. The van der Waals surface area contributed by atoms with Crippen molar-refractivity contribution in [2.24, 2.45) is 11.8 Å². The first-order chi connectivity index (χ1) is 12.5. The zero-order chi connectivity index (χ0) is 18.5. The molecule has 1 amide bonds. The third kappa shape index (κ3) is 5.17. The van der Waals surface area contributed by atoms with Crippen molar-refractivity contribution >= 4 is 34.2 Å². The Labute approximate surface area is 163 Å². The van der Waals surface area contributed by atoms with Crippen molar-refractivity contribution in [3.63, 3.8) is 0 Å². The summed E-state index contributed by atoms with van der Waals surface area (Å²) in [5.74, 6) is 1.48. The van der Waals surface area contributed by atoms with E-state index < -0.39 is 0 Å². The molecule has 2 aromatic rings. The molecule has 0 saturated carbocycles. The van der Waals surface area contributed by atoms with Gasteiger partial charge in [-0.25, -0.2) is 4.98 Å². The molecule has 7 heteroatoms. The molecule has 0 unspecified atom stereocenters. The zero-order valence-corrected chi connectivity index (χ0v) is 16.8. The van der Waals surface area contributed by atoms with Gasteiger partial charge in [-0.05, 0) is 36.5 Å². The van der Waals surface area contributed by atoms with Crippen LogP contribution in [0.4, 0.5) is 5.13 Å². The van der Waals surface area contributed by atoms with Gasteiger partial charge in [0.05, 0.1) is 5.92 Å². The van der Waals surface area contributed by atoms with Crippen molar-refractivity contribution in [3.05, 3.63) is 40.7 Å². The summed E-state index contributed by atoms with van der Waals surface area (Å²) >= 11 is 7.35. The summed E-state index contributed by atoms with van der Waals surface area (Å²) < 4.78 is 4.49. The van der Waals surface area contributed by atoms with Crippen LogP contribution in [0.1, 0.15) is 38.1 Å². The number of benzene rings is 1. The zero-order valence-electron chi connectivity index (χ0n) is 15.2. The first kappa shape index (κ1) is 19.1.